The van der Waals surface area contributed by atoms with Crippen LogP contribution in [0.15, 0.2) is 0 Å². The van der Waals surface area contributed by atoms with Crippen LogP contribution in [-0.4, -0.2) is 66.3 Å². The third-order valence-corrected chi connectivity index (χ3v) is 4.29. The highest BCUT2D eigenvalue weighted by atomic mass is 16.7. The topological polar surface area (TPSA) is 55.4 Å². The van der Waals surface area contributed by atoms with Crippen molar-refractivity contribution >= 4 is 0 Å². The van der Waals surface area contributed by atoms with Gasteiger partial charge in [-0.3, -0.25) is 0 Å². The van der Waals surface area contributed by atoms with Gasteiger partial charge >= 0.3 is 0 Å². The molecule has 0 fully saturated rings. The smallest absolute Gasteiger partial charge is 0.146 e. The Balaban J connectivity index is 4.56. The first-order valence-electron chi connectivity index (χ1n) is 12.7. The minimum Gasteiger partial charge on any atom is -0.376 e. The first-order chi connectivity index (χ1) is 15.7. The SMILES string of the molecule is [2H]C([2H])(OC[C@H](CC#C)OCOC)C([2H])([2H])OC[C@H](CCCCCCCCCC)OCOC. The Bertz CT molecular complexity index is 502. The third-order valence-electron chi connectivity index (χ3n) is 4.29. The highest BCUT2D eigenvalue weighted by Crippen LogP contribution is 2.12. The van der Waals surface area contributed by atoms with Crippen molar-refractivity contribution in [3.8, 4) is 12.3 Å². The summed E-state index contributed by atoms with van der Waals surface area (Å²) in [6.07, 6.45) is 14.5. The van der Waals surface area contributed by atoms with Gasteiger partial charge in [-0.2, -0.15) is 0 Å². The second-order valence-corrected chi connectivity index (χ2v) is 6.89. The Morgan fingerprint density at radius 2 is 1.31 bits per heavy atom. The van der Waals surface area contributed by atoms with Crippen LogP contribution in [0.3, 0.4) is 0 Å². The van der Waals surface area contributed by atoms with E-state index in [-0.39, 0.29) is 33.2 Å². The van der Waals surface area contributed by atoms with Gasteiger partial charge in [-0.05, 0) is 6.42 Å². The summed E-state index contributed by atoms with van der Waals surface area (Å²) in [4.78, 5) is 0. The lowest BCUT2D eigenvalue weighted by Crippen LogP contribution is -2.24. The van der Waals surface area contributed by atoms with Crippen molar-refractivity contribution in [3.63, 3.8) is 0 Å². The van der Waals surface area contributed by atoms with Crippen molar-refractivity contribution < 1.29 is 33.9 Å². The molecule has 0 unspecified atom stereocenters. The van der Waals surface area contributed by atoms with Crippen LogP contribution in [-0.2, 0) is 28.4 Å². The van der Waals surface area contributed by atoms with Gasteiger partial charge < -0.3 is 28.4 Å². The summed E-state index contributed by atoms with van der Waals surface area (Å²) in [6, 6.07) is 0. The first-order valence-corrected chi connectivity index (χ1v) is 10.7. The fourth-order valence-corrected chi connectivity index (χ4v) is 2.67. The summed E-state index contributed by atoms with van der Waals surface area (Å²) in [5.41, 5.74) is 0. The molecule has 0 rings (SSSR count). The summed E-state index contributed by atoms with van der Waals surface area (Å²) < 4.78 is 63.3. The molecule has 0 saturated heterocycles. The van der Waals surface area contributed by atoms with E-state index in [9.17, 15) is 0 Å². The second kappa shape index (κ2) is 23.6. The van der Waals surface area contributed by atoms with Gasteiger partial charge in [0, 0.05) is 20.6 Å². The predicted octanol–water partition coefficient (Wildman–Crippen LogP) is 4.55. The minimum atomic E-state index is -2.72. The second-order valence-electron chi connectivity index (χ2n) is 6.89. The maximum absolute atomic E-state index is 8.06. The third kappa shape index (κ3) is 20.4. The predicted molar refractivity (Wildman–Crippen MR) is 116 cm³/mol. The van der Waals surface area contributed by atoms with Gasteiger partial charge in [0.25, 0.3) is 0 Å². The van der Waals surface area contributed by atoms with Crippen LogP contribution in [0.5, 0.6) is 0 Å². The van der Waals surface area contributed by atoms with E-state index < -0.39 is 25.3 Å². The Morgan fingerprint density at radius 3 is 1.86 bits per heavy atom. The lowest BCUT2D eigenvalue weighted by molar-refractivity contribution is -0.111. The van der Waals surface area contributed by atoms with Gasteiger partial charge in [-0.15, -0.1) is 12.3 Å². The molecule has 0 saturated carbocycles. The lowest BCUT2D eigenvalue weighted by Gasteiger charge is -2.18. The molecule has 6 heteroatoms. The summed E-state index contributed by atoms with van der Waals surface area (Å²) in [5, 5.41) is 0. The number of ether oxygens (including phenoxy) is 6. The Kier molecular flexibility index (Phi) is 17.5. The Labute approximate surface area is 184 Å². The molecular formula is C23H44O6. The van der Waals surface area contributed by atoms with E-state index in [1.807, 2.05) is 0 Å². The van der Waals surface area contributed by atoms with Gasteiger partial charge in [0.15, 0.2) is 0 Å². The average molecular weight is 421 g/mol. The molecule has 0 heterocycles. The Morgan fingerprint density at radius 1 is 0.793 bits per heavy atom. The van der Waals surface area contributed by atoms with Crippen LogP contribution >= 0.6 is 0 Å². The molecule has 0 aromatic carbocycles. The zero-order chi connectivity index (χ0) is 25.0. The van der Waals surface area contributed by atoms with E-state index in [1.165, 1.54) is 46.3 Å². The number of terminal acetylenes is 1. The van der Waals surface area contributed by atoms with Crippen LogP contribution in [0.1, 0.15) is 76.6 Å². The maximum atomic E-state index is 8.06. The lowest BCUT2D eigenvalue weighted by atomic mass is 10.1. The summed E-state index contributed by atoms with van der Waals surface area (Å²) in [7, 11) is 2.97. The van der Waals surface area contributed by atoms with E-state index in [0.717, 1.165) is 19.3 Å². The van der Waals surface area contributed by atoms with Crippen molar-refractivity contribution in [2.45, 2.75) is 83.3 Å². The van der Waals surface area contributed by atoms with E-state index in [4.69, 9.17) is 40.3 Å². The van der Waals surface area contributed by atoms with Gasteiger partial charge in [0.2, 0.25) is 0 Å². The fourth-order valence-electron chi connectivity index (χ4n) is 2.67. The highest BCUT2D eigenvalue weighted by Gasteiger charge is 2.10. The molecule has 0 aliphatic rings. The first kappa shape index (κ1) is 21.5. The number of hydrogen-bond acceptors (Lipinski definition) is 6. The molecular weight excluding hydrogens is 372 g/mol. The van der Waals surface area contributed by atoms with Crippen molar-refractivity contribution in [3.05, 3.63) is 0 Å². The van der Waals surface area contributed by atoms with Crippen LogP contribution < -0.4 is 0 Å². The monoisotopic (exact) mass is 420 g/mol. The van der Waals surface area contributed by atoms with Crippen molar-refractivity contribution in [1.82, 2.24) is 0 Å². The van der Waals surface area contributed by atoms with Gasteiger partial charge in [-0.25, -0.2) is 0 Å². The van der Waals surface area contributed by atoms with E-state index in [1.54, 1.807) is 0 Å². The maximum Gasteiger partial charge on any atom is 0.146 e. The summed E-state index contributed by atoms with van der Waals surface area (Å²) >= 11 is 0. The highest BCUT2D eigenvalue weighted by molar-refractivity contribution is 4.87. The normalized spacial score (nSPS) is 16.3. The van der Waals surface area contributed by atoms with E-state index in [2.05, 4.69) is 12.8 Å². The fraction of sp³-hybridized carbons (Fsp3) is 0.913. The summed E-state index contributed by atoms with van der Waals surface area (Å²) in [6.45, 7) is -3.56. The largest absolute Gasteiger partial charge is 0.376 e. The summed E-state index contributed by atoms with van der Waals surface area (Å²) in [5.74, 6) is 2.42. The molecule has 29 heavy (non-hydrogen) atoms. The van der Waals surface area contributed by atoms with Crippen LogP contribution in [0.2, 0.25) is 0 Å². The van der Waals surface area contributed by atoms with Crippen molar-refractivity contribution in [2.24, 2.45) is 0 Å². The van der Waals surface area contributed by atoms with E-state index in [0.29, 0.717) is 6.42 Å². The molecule has 0 spiro atoms. The molecule has 0 amide bonds. The Hall–Kier alpha value is -0.680. The van der Waals surface area contributed by atoms with Gasteiger partial charge in [-0.1, -0.05) is 58.3 Å². The molecule has 172 valence electrons. The number of unbranched alkanes of at least 4 members (excludes halogenated alkanes) is 7. The molecule has 0 aliphatic heterocycles. The quantitative estimate of drug-likeness (QED) is 0.137. The molecule has 6 nitrogen and oxygen atoms in total. The minimum absolute atomic E-state index is 0.0284. The molecule has 2 atom stereocenters. The van der Waals surface area contributed by atoms with Gasteiger partial charge in [0.1, 0.15) is 13.6 Å². The number of hydrogen-bond donors (Lipinski definition) is 0. The van der Waals surface area contributed by atoms with Crippen molar-refractivity contribution in [1.29, 1.82) is 0 Å². The van der Waals surface area contributed by atoms with Crippen molar-refractivity contribution in [2.75, 3.05) is 54.1 Å². The van der Waals surface area contributed by atoms with E-state index >= 15 is 0 Å². The zero-order valence-electron chi connectivity index (χ0n) is 22.6. The molecule has 0 aliphatic carbocycles. The van der Waals surface area contributed by atoms with Crippen LogP contribution in [0.25, 0.3) is 0 Å². The zero-order valence-corrected chi connectivity index (χ0v) is 18.6. The van der Waals surface area contributed by atoms with Gasteiger partial charge in [0.05, 0.1) is 44.0 Å². The number of methoxy groups -OCH3 is 2. The molecule has 0 N–H and O–H groups in total. The molecule has 0 aromatic rings. The van der Waals surface area contributed by atoms with Crippen LogP contribution in [0.4, 0.5) is 0 Å². The van der Waals surface area contributed by atoms with Crippen LogP contribution in [0, 0.1) is 12.3 Å². The standard InChI is InChI=1S/C23H44O6/c1-5-7-8-9-10-11-12-13-15-23(29-21-25-4)19-27-17-16-26-18-22(14-6-2)28-20-24-3/h2,22-23H,5,7-21H2,1,3-4H3/t22-,23-/m0/s1/i16D2,17D2. The molecule has 0 bridgehead atoms. The average Bonchev–Trinajstić information content (AvgIpc) is 2.78. The molecule has 0 aromatic heterocycles. The number of rotatable bonds is 23. The molecule has 0 radical (unpaired) electrons.